The number of hydrogen-bond acceptors (Lipinski definition) is 4. The molecule has 0 aromatic carbocycles. The Bertz CT molecular complexity index is 467. The molecule has 1 saturated heterocycles. The number of carboxylic acids is 1. The summed E-state index contributed by atoms with van der Waals surface area (Å²) in [6, 6.07) is 0.598. The van der Waals surface area contributed by atoms with Crippen molar-refractivity contribution < 1.29 is 14.6 Å². The molecule has 5 heteroatoms. The summed E-state index contributed by atoms with van der Waals surface area (Å²) < 4.78 is 5.80. The van der Waals surface area contributed by atoms with Gasteiger partial charge in [-0.3, -0.25) is 4.79 Å². The number of aliphatic carboxylic acids is 1. The molecule has 0 amide bonds. The number of piperidine rings is 1. The second-order valence-electron chi connectivity index (χ2n) is 8.12. The highest BCUT2D eigenvalue weighted by molar-refractivity contribution is 5.78. The normalized spacial score (nSPS) is 30.7. The summed E-state index contributed by atoms with van der Waals surface area (Å²) in [5.74, 6) is 0.0269. The highest BCUT2D eigenvalue weighted by atomic mass is 16.5. The van der Waals surface area contributed by atoms with E-state index in [1.165, 1.54) is 6.42 Å². The van der Waals surface area contributed by atoms with Crippen molar-refractivity contribution in [3.8, 4) is 0 Å². The Morgan fingerprint density at radius 3 is 2.58 bits per heavy atom. The van der Waals surface area contributed by atoms with Crippen molar-refractivity contribution in [2.75, 3.05) is 39.4 Å². The molecule has 5 nitrogen and oxygen atoms in total. The number of carboxylic acid groups (broad SMARTS) is 1. The summed E-state index contributed by atoms with van der Waals surface area (Å²) in [4.78, 5) is 13.8. The lowest BCUT2D eigenvalue weighted by atomic mass is 9.78. The van der Waals surface area contributed by atoms with Gasteiger partial charge in [0.05, 0.1) is 12.0 Å². The van der Waals surface area contributed by atoms with E-state index in [4.69, 9.17) is 4.74 Å². The molecule has 136 valence electrons. The first-order valence-corrected chi connectivity index (χ1v) is 9.42. The van der Waals surface area contributed by atoms with Crippen molar-refractivity contribution in [2.24, 2.45) is 16.7 Å². The Morgan fingerprint density at radius 1 is 1.38 bits per heavy atom. The zero-order chi connectivity index (χ0) is 17.2. The van der Waals surface area contributed by atoms with Crippen LogP contribution in [0, 0.1) is 16.7 Å². The van der Waals surface area contributed by atoms with Crippen LogP contribution in [-0.2, 0) is 9.53 Å². The standard InChI is InChI=1S/C19H32N2O3/c1-3-15-11-16(15)20-12-18(14-24-4-2)7-9-21(10-8-18)13-19(5-6-19)17(22)23/h3,15-16,20H,1,4-14H2,2H3,(H,22,23)/t15?,16-/m1/s1. The summed E-state index contributed by atoms with van der Waals surface area (Å²) in [6.45, 7) is 11.2. The lowest BCUT2D eigenvalue weighted by Gasteiger charge is -2.42. The lowest BCUT2D eigenvalue weighted by Crippen LogP contribution is -2.49. The smallest absolute Gasteiger partial charge is 0.310 e. The molecule has 2 N–H and O–H groups in total. The molecule has 2 saturated carbocycles. The van der Waals surface area contributed by atoms with Gasteiger partial charge >= 0.3 is 5.97 Å². The van der Waals surface area contributed by atoms with Crippen LogP contribution >= 0.6 is 0 Å². The van der Waals surface area contributed by atoms with Gasteiger partial charge in [0.25, 0.3) is 0 Å². The molecule has 3 fully saturated rings. The number of carbonyl (C=O) groups is 1. The van der Waals surface area contributed by atoms with E-state index in [2.05, 4.69) is 29.8 Å². The quantitative estimate of drug-likeness (QED) is 0.599. The second kappa shape index (κ2) is 7.14. The molecule has 0 spiro atoms. The predicted octanol–water partition coefficient (Wildman–Crippen LogP) is 2.13. The van der Waals surface area contributed by atoms with Gasteiger partial charge in [-0.15, -0.1) is 6.58 Å². The van der Waals surface area contributed by atoms with Crippen LogP contribution in [0.3, 0.4) is 0 Å². The van der Waals surface area contributed by atoms with E-state index in [1.54, 1.807) is 0 Å². The van der Waals surface area contributed by atoms with E-state index in [1.807, 2.05) is 0 Å². The van der Waals surface area contributed by atoms with Gasteiger partial charge in [0.2, 0.25) is 0 Å². The van der Waals surface area contributed by atoms with Gasteiger partial charge in [0.1, 0.15) is 0 Å². The highest BCUT2D eigenvalue weighted by Crippen LogP contribution is 2.47. The average Bonchev–Trinajstić information content (AvgIpc) is 3.49. The summed E-state index contributed by atoms with van der Waals surface area (Å²) in [6.07, 6.45) is 7.12. The molecule has 1 unspecified atom stereocenters. The van der Waals surface area contributed by atoms with Crippen molar-refractivity contribution in [3.05, 3.63) is 12.7 Å². The van der Waals surface area contributed by atoms with Gasteiger partial charge in [0, 0.05) is 31.2 Å². The van der Waals surface area contributed by atoms with E-state index in [9.17, 15) is 9.90 Å². The Kier molecular flexibility index (Phi) is 5.33. The van der Waals surface area contributed by atoms with Gasteiger partial charge in [-0.05, 0) is 58.0 Å². The first-order valence-electron chi connectivity index (χ1n) is 9.42. The van der Waals surface area contributed by atoms with Gasteiger partial charge in [-0.25, -0.2) is 0 Å². The van der Waals surface area contributed by atoms with Crippen LogP contribution in [0.15, 0.2) is 12.7 Å². The second-order valence-corrected chi connectivity index (χ2v) is 8.12. The molecule has 1 heterocycles. The van der Waals surface area contributed by atoms with Crippen LogP contribution in [0.2, 0.25) is 0 Å². The molecule has 24 heavy (non-hydrogen) atoms. The van der Waals surface area contributed by atoms with Crippen LogP contribution in [-0.4, -0.2) is 61.4 Å². The molecule has 0 bridgehead atoms. The van der Waals surface area contributed by atoms with Crippen LogP contribution in [0.4, 0.5) is 0 Å². The number of nitrogens with zero attached hydrogens (tertiary/aromatic N) is 1. The summed E-state index contributed by atoms with van der Waals surface area (Å²) >= 11 is 0. The zero-order valence-electron chi connectivity index (χ0n) is 14.9. The highest BCUT2D eigenvalue weighted by Gasteiger charge is 2.52. The summed E-state index contributed by atoms with van der Waals surface area (Å²) in [5.41, 5.74) is -0.246. The largest absolute Gasteiger partial charge is 0.481 e. The van der Waals surface area contributed by atoms with Crippen LogP contribution in [0.5, 0.6) is 0 Å². The third-order valence-corrected chi connectivity index (χ3v) is 6.24. The topological polar surface area (TPSA) is 61.8 Å². The van der Waals surface area contributed by atoms with Gasteiger partial charge < -0.3 is 20.1 Å². The molecule has 0 radical (unpaired) electrons. The predicted molar refractivity (Wildman–Crippen MR) is 94.0 cm³/mol. The fourth-order valence-corrected chi connectivity index (χ4v) is 3.95. The van der Waals surface area contributed by atoms with E-state index in [0.29, 0.717) is 12.0 Å². The average molecular weight is 336 g/mol. The maximum Gasteiger partial charge on any atom is 0.310 e. The van der Waals surface area contributed by atoms with Crippen LogP contribution in [0.1, 0.15) is 39.0 Å². The van der Waals surface area contributed by atoms with Gasteiger partial charge in [-0.2, -0.15) is 0 Å². The van der Waals surface area contributed by atoms with Gasteiger partial charge in [-0.1, -0.05) is 6.08 Å². The SMILES string of the molecule is C=CC1C[C@H]1NCC1(COCC)CCN(CC2(C(=O)O)CC2)CC1. The third-order valence-electron chi connectivity index (χ3n) is 6.24. The first-order chi connectivity index (χ1) is 11.5. The van der Waals surface area contributed by atoms with E-state index >= 15 is 0 Å². The number of nitrogens with one attached hydrogen (secondary N) is 1. The minimum atomic E-state index is -0.612. The molecule has 1 aliphatic heterocycles. The van der Waals surface area contributed by atoms with E-state index in [0.717, 1.165) is 65.1 Å². The maximum absolute atomic E-state index is 11.4. The minimum absolute atomic E-state index is 0.195. The molecule has 0 aromatic heterocycles. The number of ether oxygens (including phenoxy) is 1. The molecule has 2 aliphatic carbocycles. The summed E-state index contributed by atoms with van der Waals surface area (Å²) in [7, 11) is 0. The number of hydrogen-bond donors (Lipinski definition) is 2. The Hall–Kier alpha value is -0.910. The molecule has 3 aliphatic rings. The Labute approximate surface area is 145 Å². The van der Waals surface area contributed by atoms with Crippen molar-refractivity contribution >= 4 is 5.97 Å². The van der Waals surface area contributed by atoms with Crippen LogP contribution in [0.25, 0.3) is 0 Å². The molecule has 0 aromatic rings. The van der Waals surface area contributed by atoms with Crippen molar-refractivity contribution in [3.63, 3.8) is 0 Å². The number of likely N-dealkylation sites (tertiary alicyclic amines) is 1. The molecule has 3 rings (SSSR count). The zero-order valence-corrected chi connectivity index (χ0v) is 14.9. The summed E-state index contributed by atoms with van der Waals surface area (Å²) in [5, 5.41) is 13.1. The van der Waals surface area contributed by atoms with Crippen molar-refractivity contribution in [2.45, 2.75) is 45.1 Å². The fraction of sp³-hybridized carbons (Fsp3) is 0.842. The minimum Gasteiger partial charge on any atom is -0.481 e. The Balaban J connectivity index is 1.50. The van der Waals surface area contributed by atoms with E-state index < -0.39 is 11.4 Å². The first kappa shape index (κ1) is 17.9. The van der Waals surface area contributed by atoms with Crippen molar-refractivity contribution in [1.82, 2.24) is 10.2 Å². The van der Waals surface area contributed by atoms with Crippen molar-refractivity contribution in [1.29, 1.82) is 0 Å². The third kappa shape index (κ3) is 4.01. The van der Waals surface area contributed by atoms with Gasteiger partial charge in [0.15, 0.2) is 0 Å². The van der Waals surface area contributed by atoms with E-state index in [-0.39, 0.29) is 5.41 Å². The Morgan fingerprint density at radius 2 is 2.08 bits per heavy atom. The molecule has 2 atom stereocenters. The molecular formula is C19H32N2O3. The maximum atomic E-state index is 11.4. The number of rotatable bonds is 10. The monoisotopic (exact) mass is 336 g/mol. The van der Waals surface area contributed by atoms with Crippen LogP contribution < -0.4 is 5.32 Å². The fourth-order valence-electron chi connectivity index (χ4n) is 3.95. The molecular weight excluding hydrogens is 304 g/mol. The lowest BCUT2D eigenvalue weighted by molar-refractivity contribution is -0.144.